The quantitative estimate of drug-likeness (QED) is 0.275. The summed E-state index contributed by atoms with van der Waals surface area (Å²) in [5.41, 5.74) is 1.15. The fourth-order valence-corrected chi connectivity index (χ4v) is 5.28. The van der Waals surface area contributed by atoms with Crippen LogP contribution < -0.4 is 4.90 Å². The molecule has 0 aliphatic carbocycles. The Kier molecular flexibility index (Phi) is 7.99. The summed E-state index contributed by atoms with van der Waals surface area (Å²) in [6, 6.07) is 8.85. The Bertz CT molecular complexity index is 1280. The zero-order valence-corrected chi connectivity index (χ0v) is 21.5. The summed E-state index contributed by atoms with van der Waals surface area (Å²) in [6.07, 6.45) is -10.1. The number of halogens is 8. The molecule has 1 aliphatic heterocycles. The van der Waals surface area contributed by atoms with Crippen molar-refractivity contribution in [1.29, 1.82) is 0 Å². The molecule has 1 aromatic heterocycles. The Labute approximate surface area is 220 Å². The minimum atomic E-state index is -4.84. The normalized spacial score (nSPS) is 14.3. The maximum absolute atomic E-state index is 14.2. The number of rotatable bonds is 7. The van der Waals surface area contributed by atoms with Crippen LogP contribution in [-0.4, -0.2) is 33.7 Å². The molecule has 0 saturated heterocycles. The van der Waals surface area contributed by atoms with Gasteiger partial charge in [-0.3, -0.25) is 4.90 Å². The van der Waals surface area contributed by atoms with Gasteiger partial charge in [0.2, 0.25) is 5.95 Å². The molecule has 206 valence electrons. The number of alkyl halides is 6. The summed E-state index contributed by atoms with van der Waals surface area (Å²) in [4.78, 5) is 6.84. The molecule has 2 aromatic carbocycles. The SMILES string of the molecule is Cc1cc(C)c(N2CCCn3c2nc(C(F)(F)F)c3CN(CCC(F)(F)F)Cc2cccc(F)c2)c(Cl)c1. The molecule has 0 spiro atoms. The van der Waals surface area contributed by atoms with Crippen LogP contribution in [0, 0.1) is 19.7 Å². The largest absolute Gasteiger partial charge is 0.435 e. The summed E-state index contributed by atoms with van der Waals surface area (Å²) >= 11 is 6.50. The summed E-state index contributed by atoms with van der Waals surface area (Å²) in [5, 5.41) is 0.368. The maximum Gasteiger partial charge on any atom is 0.435 e. The average Bonchev–Trinajstić information content (AvgIpc) is 3.16. The minimum absolute atomic E-state index is 0.0361. The molecule has 0 radical (unpaired) electrons. The van der Waals surface area contributed by atoms with Crippen molar-refractivity contribution in [3.63, 3.8) is 0 Å². The van der Waals surface area contributed by atoms with E-state index in [-0.39, 0.29) is 24.7 Å². The zero-order valence-electron chi connectivity index (χ0n) is 20.7. The van der Waals surface area contributed by atoms with Crippen LogP contribution in [0.25, 0.3) is 0 Å². The Morgan fingerprint density at radius 3 is 2.37 bits per heavy atom. The molecular formula is C26H26ClF7N4. The number of aromatic nitrogens is 2. The highest BCUT2D eigenvalue weighted by Crippen LogP contribution is 2.41. The van der Waals surface area contributed by atoms with E-state index in [0.717, 1.165) is 17.2 Å². The highest BCUT2D eigenvalue weighted by molar-refractivity contribution is 6.33. The first-order valence-electron chi connectivity index (χ1n) is 12.0. The van der Waals surface area contributed by atoms with Gasteiger partial charge in [-0.1, -0.05) is 29.8 Å². The van der Waals surface area contributed by atoms with Crippen molar-refractivity contribution in [3.8, 4) is 0 Å². The molecule has 12 heteroatoms. The number of fused-ring (bicyclic) bond motifs is 1. The molecule has 0 N–H and O–H groups in total. The molecule has 0 amide bonds. The third-order valence-corrected chi connectivity index (χ3v) is 6.66. The van der Waals surface area contributed by atoms with E-state index in [2.05, 4.69) is 4.98 Å². The highest BCUT2D eigenvalue weighted by atomic mass is 35.5. The summed E-state index contributed by atoms with van der Waals surface area (Å²) in [7, 11) is 0. The van der Waals surface area contributed by atoms with Crippen LogP contribution >= 0.6 is 11.6 Å². The lowest BCUT2D eigenvalue weighted by molar-refractivity contribution is -0.143. The number of anilines is 2. The number of nitrogens with zero attached hydrogens (tertiary/aromatic N) is 4. The monoisotopic (exact) mass is 562 g/mol. The van der Waals surface area contributed by atoms with Gasteiger partial charge in [0.1, 0.15) is 5.82 Å². The Morgan fingerprint density at radius 1 is 1.00 bits per heavy atom. The van der Waals surface area contributed by atoms with E-state index >= 15 is 0 Å². The third kappa shape index (κ3) is 6.43. The molecule has 0 saturated carbocycles. The standard InChI is InChI=1S/C26H26ClF7N4/c1-16-11-17(2)22(20(27)12-16)38-9-4-8-37-21(23(26(32,33)34)35-24(37)38)15-36(10-7-25(29,30)31)14-18-5-3-6-19(28)13-18/h3,5-6,11-13H,4,7-10,14-15H2,1-2H3. The molecule has 1 aliphatic rings. The summed E-state index contributed by atoms with van der Waals surface area (Å²) in [5.74, 6) is -0.550. The van der Waals surface area contributed by atoms with Crippen LogP contribution in [0.15, 0.2) is 36.4 Å². The molecule has 2 heterocycles. The lowest BCUT2D eigenvalue weighted by Gasteiger charge is -2.32. The van der Waals surface area contributed by atoms with Gasteiger partial charge < -0.3 is 9.47 Å². The van der Waals surface area contributed by atoms with Gasteiger partial charge in [0, 0.05) is 32.7 Å². The van der Waals surface area contributed by atoms with Crippen molar-refractivity contribution in [3.05, 3.63) is 75.3 Å². The van der Waals surface area contributed by atoms with E-state index in [9.17, 15) is 30.7 Å². The van der Waals surface area contributed by atoms with Crippen molar-refractivity contribution in [2.45, 2.75) is 58.7 Å². The first-order valence-corrected chi connectivity index (χ1v) is 12.3. The fraction of sp³-hybridized carbons (Fsp3) is 0.423. The second-order valence-corrected chi connectivity index (χ2v) is 9.89. The summed E-state index contributed by atoms with van der Waals surface area (Å²) < 4.78 is 97.0. The van der Waals surface area contributed by atoms with E-state index in [1.165, 1.54) is 27.7 Å². The van der Waals surface area contributed by atoms with Crippen LogP contribution in [0.2, 0.25) is 5.02 Å². The van der Waals surface area contributed by atoms with Crippen LogP contribution in [0.5, 0.6) is 0 Å². The number of hydrogen-bond donors (Lipinski definition) is 0. The first kappa shape index (κ1) is 28.2. The topological polar surface area (TPSA) is 24.3 Å². The smallest absolute Gasteiger partial charge is 0.312 e. The predicted molar refractivity (Wildman–Crippen MR) is 131 cm³/mol. The van der Waals surface area contributed by atoms with Gasteiger partial charge in [-0.15, -0.1) is 0 Å². The van der Waals surface area contributed by atoms with Crippen LogP contribution in [-0.2, 0) is 25.8 Å². The van der Waals surface area contributed by atoms with Gasteiger partial charge in [-0.2, -0.15) is 26.3 Å². The van der Waals surface area contributed by atoms with Crippen molar-refractivity contribution < 1.29 is 30.7 Å². The number of benzene rings is 2. The van der Waals surface area contributed by atoms with Crippen LogP contribution in [0.3, 0.4) is 0 Å². The van der Waals surface area contributed by atoms with Crippen molar-refractivity contribution >= 4 is 23.2 Å². The molecule has 4 nitrogen and oxygen atoms in total. The fourth-order valence-electron chi connectivity index (χ4n) is 4.85. The van der Waals surface area contributed by atoms with Gasteiger partial charge in [-0.05, 0) is 55.2 Å². The lowest BCUT2D eigenvalue weighted by atomic mass is 10.1. The molecule has 3 aromatic rings. The molecular weight excluding hydrogens is 537 g/mol. The molecule has 0 unspecified atom stereocenters. The van der Waals surface area contributed by atoms with Gasteiger partial charge >= 0.3 is 12.4 Å². The highest BCUT2D eigenvalue weighted by Gasteiger charge is 2.41. The molecule has 0 bridgehead atoms. The first-order chi connectivity index (χ1) is 17.7. The second kappa shape index (κ2) is 10.8. The van der Waals surface area contributed by atoms with E-state index in [1.807, 2.05) is 13.0 Å². The summed E-state index contributed by atoms with van der Waals surface area (Å²) in [6.45, 7) is 3.05. The van der Waals surface area contributed by atoms with Gasteiger partial charge in [0.25, 0.3) is 0 Å². The zero-order chi connectivity index (χ0) is 27.8. The minimum Gasteiger partial charge on any atom is -0.312 e. The van der Waals surface area contributed by atoms with Gasteiger partial charge in [-0.25, -0.2) is 9.37 Å². The molecule has 0 atom stereocenters. The van der Waals surface area contributed by atoms with Gasteiger partial charge in [0.05, 0.1) is 22.8 Å². The van der Waals surface area contributed by atoms with Crippen molar-refractivity contribution in [2.75, 3.05) is 18.0 Å². The van der Waals surface area contributed by atoms with Crippen molar-refractivity contribution in [2.24, 2.45) is 0 Å². The Hall–Kier alpha value is -2.79. The van der Waals surface area contributed by atoms with Crippen LogP contribution in [0.4, 0.5) is 42.4 Å². The van der Waals surface area contributed by atoms with E-state index in [1.54, 1.807) is 17.9 Å². The van der Waals surface area contributed by atoms with E-state index in [0.29, 0.717) is 29.2 Å². The molecule has 38 heavy (non-hydrogen) atoms. The van der Waals surface area contributed by atoms with Crippen molar-refractivity contribution in [1.82, 2.24) is 14.5 Å². The van der Waals surface area contributed by atoms with E-state index < -0.39 is 43.4 Å². The van der Waals surface area contributed by atoms with Gasteiger partial charge in [0.15, 0.2) is 5.69 Å². The molecule has 0 fully saturated rings. The molecule has 4 rings (SSSR count). The van der Waals surface area contributed by atoms with E-state index in [4.69, 9.17) is 11.6 Å². The third-order valence-electron chi connectivity index (χ3n) is 6.37. The number of hydrogen-bond acceptors (Lipinski definition) is 3. The number of aryl methyl sites for hydroxylation is 2. The predicted octanol–water partition coefficient (Wildman–Crippen LogP) is 7.81. The lowest BCUT2D eigenvalue weighted by Crippen LogP contribution is -2.32. The number of imidazole rings is 1. The average molecular weight is 563 g/mol. The van der Waals surface area contributed by atoms with Crippen LogP contribution in [0.1, 0.15) is 40.9 Å². The Balaban J connectivity index is 1.77. The second-order valence-electron chi connectivity index (χ2n) is 9.48. The Morgan fingerprint density at radius 2 is 1.74 bits per heavy atom. The maximum atomic E-state index is 14.2.